The number of hydrogen-bond acceptors (Lipinski definition) is 7. The summed E-state index contributed by atoms with van der Waals surface area (Å²) >= 11 is 5.85. The number of alkyl halides is 3. The highest BCUT2D eigenvalue weighted by atomic mass is 79.9. The smallest absolute Gasteiger partial charge is 0.406 e. The second-order valence-corrected chi connectivity index (χ2v) is 9.81. The molecule has 0 atom stereocenters. The van der Waals surface area contributed by atoms with Crippen LogP contribution in [-0.2, 0) is 4.79 Å². The van der Waals surface area contributed by atoms with Crippen molar-refractivity contribution in [3.05, 3.63) is 64.2 Å². The van der Waals surface area contributed by atoms with Gasteiger partial charge in [0.2, 0.25) is 11.0 Å². The third kappa shape index (κ3) is 6.15. The summed E-state index contributed by atoms with van der Waals surface area (Å²) in [4.78, 5) is 16.8. The fourth-order valence-electron chi connectivity index (χ4n) is 2.94. The van der Waals surface area contributed by atoms with E-state index in [-0.39, 0.29) is 17.4 Å². The summed E-state index contributed by atoms with van der Waals surface area (Å²) in [5, 5.41) is 12.0. The molecular weight excluding hydrogens is 555 g/mol. The minimum Gasteiger partial charge on any atom is -0.406 e. The van der Waals surface area contributed by atoms with Crippen LogP contribution in [-0.4, -0.2) is 37.8 Å². The zero-order valence-corrected chi connectivity index (χ0v) is 20.6. The van der Waals surface area contributed by atoms with Crippen LogP contribution in [0.1, 0.15) is 5.01 Å². The summed E-state index contributed by atoms with van der Waals surface area (Å²) < 4.78 is 44.3. The number of carbonyl (C=O) groups is 1. The molecule has 0 aliphatic carbocycles. The Morgan fingerprint density at radius 3 is 2.47 bits per heavy atom. The van der Waals surface area contributed by atoms with E-state index in [0.717, 1.165) is 15.0 Å². The lowest BCUT2D eigenvalue weighted by Gasteiger charge is -2.14. The van der Waals surface area contributed by atoms with Gasteiger partial charge < -0.3 is 4.74 Å². The molecule has 0 bridgehead atoms. The SMILES string of the molecule is Cc1nnc(NC(=O)CSc2ncc(-c3ccc(Br)cc3)n2-c2ccc(OC(F)(F)F)cc2)s1. The number of halogens is 4. The second-order valence-electron chi connectivity index (χ2n) is 6.77. The number of amides is 1. The maximum Gasteiger partial charge on any atom is 0.573 e. The minimum atomic E-state index is -4.78. The first-order valence-electron chi connectivity index (χ1n) is 9.60. The van der Waals surface area contributed by atoms with E-state index >= 15 is 0 Å². The number of imidazole rings is 1. The second kappa shape index (κ2) is 10.2. The fraction of sp³-hybridized carbons (Fsp3) is 0.143. The van der Waals surface area contributed by atoms with Crippen molar-refractivity contribution in [2.75, 3.05) is 11.1 Å². The van der Waals surface area contributed by atoms with Crippen molar-refractivity contribution in [2.45, 2.75) is 18.4 Å². The number of ether oxygens (including phenoxy) is 1. The number of anilines is 1. The Morgan fingerprint density at radius 2 is 1.85 bits per heavy atom. The van der Waals surface area contributed by atoms with Gasteiger partial charge in [0.05, 0.1) is 17.6 Å². The van der Waals surface area contributed by atoms with Crippen molar-refractivity contribution >= 4 is 50.1 Å². The van der Waals surface area contributed by atoms with Crippen LogP contribution in [0.3, 0.4) is 0 Å². The van der Waals surface area contributed by atoms with E-state index in [0.29, 0.717) is 21.7 Å². The molecule has 0 fully saturated rings. The molecule has 2 heterocycles. The monoisotopic (exact) mass is 569 g/mol. The van der Waals surface area contributed by atoms with Crippen molar-refractivity contribution in [3.8, 4) is 22.7 Å². The first-order chi connectivity index (χ1) is 16.2. The number of hydrogen-bond donors (Lipinski definition) is 1. The van der Waals surface area contributed by atoms with E-state index in [9.17, 15) is 18.0 Å². The van der Waals surface area contributed by atoms with E-state index in [2.05, 4.69) is 41.2 Å². The molecule has 13 heteroatoms. The van der Waals surface area contributed by atoms with Crippen LogP contribution in [0.5, 0.6) is 5.75 Å². The lowest BCUT2D eigenvalue weighted by atomic mass is 10.1. The summed E-state index contributed by atoms with van der Waals surface area (Å²) in [5.74, 6) is -0.567. The van der Waals surface area contributed by atoms with E-state index < -0.39 is 6.36 Å². The first kappa shape index (κ1) is 24.2. The molecule has 1 amide bonds. The quantitative estimate of drug-likeness (QED) is 0.271. The van der Waals surface area contributed by atoms with Crippen LogP contribution >= 0.6 is 39.0 Å². The molecule has 176 valence electrons. The van der Waals surface area contributed by atoms with E-state index in [1.54, 1.807) is 17.7 Å². The van der Waals surface area contributed by atoms with Gasteiger partial charge in [-0.25, -0.2) is 4.98 Å². The Kier molecular flexibility index (Phi) is 7.24. The molecule has 0 spiro atoms. The Bertz CT molecular complexity index is 1290. The molecule has 4 rings (SSSR count). The average Bonchev–Trinajstić information content (AvgIpc) is 3.38. The van der Waals surface area contributed by atoms with Crippen LogP contribution in [0.4, 0.5) is 18.3 Å². The molecule has 0 radical (unpaired) electrons. The highest BCUT2D eigenvalue weighted by molar-refractivity contribution is 9.10. The molecule has 0 saturated carbocycles. The molecule has 0 aliphatic rings. The number of nitrogens with one attached hydrogen (secondary N) is 1. The van der Waals surface area contributed by atoms with Gasteiger partial charge in [0, 0.05) is 15.7 Å². The van der Waals surface area contributed by atoms with Gasteiger partial charge in [0.25, 0.3) is 0 Å². The molecule has 4 aromatic rings. The maximum atomic E-state index is 12.5. The zero-order valence-electron chi connectivity index (χ0n) is 17.3. The van der Waals surface area contributed by atoms with Gasteiger partial charge >= 0.3 is 6.36 Å². The van der Waals surface area contributed by atoms with Gasteiger partial charge in [-0.15, -0.1) is 23.4 Å². The molecule has 34 heavy (non-hydrogen) atoms. The van der Waals surface area contributed by atoms with Crippen molar-refractivity contribution in [2.24, 2.45) is 0 Å². The van der Waals surface area contributed by atoms with Gasteiger partial charge in [-0.3, -0.25) is 14.7 Å². The minimum absolute atomic E-state index is 0.0463. The number of thioether (sulfide) groups is 1. The molecule has 1 N–H and O–H groups in total. The van der Waals surface area contributed by atoms with Gasteiger partial charge in [0.15, 0.2) is 5.16 Å². The average molecular weight is 570 g/mol. The van der Waals surface area contributed by atoms with Gasteiger partial charge in [-0.1, -0.05) is 51.2 Å². The molecule has 0 unspecified atom stereocenters. The standard InChI is InChI=1S/C21H15BrF3N5O2S2/c1-12-28-29-19(34-12)27-18(31)11-33-20-26-10-17(13-2-4-14(22)5-3-13)30(20)15-6-8-16(9-7-15)32-21(23,24)25/h2-10H,11H2,1H3,(H,27,29,31). The molecule has 2 aromatic heterocycles. The first-order valence-corrected chi connectivity index (χ1v) is 12.2. The lowest BCUT2D eigenvalue weighted by molar-refractivity contribution is -0.274. The number of carbonyl (C=O) groups excluding carboxylic acids is 1. The molecule has 7 nitrogen and oxygen atoms in total. The summed E-state index contributed by atoms with van der Waals surface area (Å²) in [6, 6.07) is 13.0. The largest absolute Gasteiger partial charge is 0.573 e. The van der Waals surface area contributed by atoms with Crippen LogP contribution in [0.25, 0.3) is 16.9 Å². The Labute approximate surface area is 208 Å². The van der Waals surface area contributed by atoms with Crippen molar-refractivity contribution in [1.29, 1.82) is 0 Å². The third-order valence-electron chi connectivity index (χ3n) is 4.30. The number of nitrogens with zero attached hydrogens (tertiary/aromatic N) is 4. The third-order valence-corrected chi connectivity index (χ3v) is 6.54. The summed E-state index contributed by atoms with van der Waals surface area (Å²) in [5.41, 5.74) is 2.11. The Hall–Kier alpha value is -2.90. The van der Waals surface area contributed by atoms with Crippen molar-refractivity contribution in [3.63, 3.8) is 0 Å². The molecule has 2 aromatic carbocycles. The van der Waals surface area contributed by atoms with Crippen molar-refractivity contribution in [1.82, 2.24) is 19.7 Å². The van der Waals surface area contributed by atoms with Crippen LogP contribution in [0, 0.1) is 6.92 Å². The van der Waals surface area contributed by atoms with E-state index in [1.807, 2.05) is 24.3 Å². The topological polar surface area (TPSA) is 81.9 Å². The zero-order chi connectivity index (χ0) is 24.3. The summed E-state index contributed by atoms with van der Waals surface area (Å²) in [7, 11) is 0. The molecule has 0 aliphatic heterocycles. The highest BCUT2D eigenvalue weighted by Gasteiger charge is 2.31. The van der Waals surface area contributed by atoms with E-state index in [1.165, 1.54) is 47.4 Å². The number of aryl methyl sites for hydroxylation is 1. The van der Waals surface area contributed by atoms with Gasteiger partial charge in [-0.05, 0) is 43.3 Å². The number of aromatic nitrogens is 4. The number of benzene rings is 2. The predicted octanol–water partition coefficient (Wildman–Crippen LogP) is 6.09. The van der Waals surface area contributed by atoms with E-state index in [4.69, 9.17) is 0 Å². The van der Waals surface area contributed by atoms with Gasteiger partial charge in [-0.2, -0.15) is 0 Å². The molecule has 0 saturated heterocycles. The fourth-order valence-corrected chi connectivity index (χ4v) is 4.60. The maximum absolute atomic E-state index is 12.5. The van der Waals surface area contributed by atoms with Crippen LogP contribution in [0.2, 0.25) is 0 Å². The molecular formula is C21H15BrF3N5O2S2. The predicted molar refractivity (Wildman–Crippen MR) is 127 cm³/mol. The normalized spacial score (nSPS) is 11.4. The summed E-state index contributed by atoms with van der Waals surface area (Å²) in [6.07, 6.45) is -3.13. The summed E-state index contributed by atoms with van der Waals surface area (Å²) in [6.45, 7) is 1.79. The Balaban J connectivity index is 1.61. The van der Waals surface area contributed by atoms with Crippen LogP contribution in [0.15, 0.2) is 64.4 Å². The van der Waals surface area contributed by atoms with Crippen LogP contribution < -0.4 is 10.1 Å². The van der Waals surface area contributed by atoms with Gasteiger partial charge in [0.1, 0.15) is 10.8 Å². The van der Waals surface area contributed by atoms with Crippen molar-refractivity contribution < 1.29 is 22.7 Å². The highest BCUT2D eigenvalue weighted by Crippen LogP contribution is 2.32. The number of rotatable bonds is 7. The lowest BCUT2D eigenvalue weighted by Crippen LogP contribution is -2.17. The Morgan fingerprint density at radius 1 is 1.15 bits per heavy atom.